The van der Waals surface area contributed by atoms with Gasteiger partial charge in [0, 0.05) is 10.0 Å². The number of fused-ring (bicyclic) bond motifs is 1. The summed E-state index contributed by atoms with van der Waals surface area (Å²) in [4.78, 5) is 25.9. The average Bonchev–Trinajstić information content (AvgIpc) is 2.67. The van der Waals surface area contributed by atoms with Crippen LogP contribution >= 0.6 is 15.9 Å². The molecule has 4 nitrogen and oxygen atoms in total. The maximum absolute atomic E-state index is 12.4. The molecule has 1 N–H and O–H groups in total. The number of phenols is 1. The van der Waals surface area contributed by atoms with Gasteiger partial charge in [-0.2, -0.15) is 0 Å². The van der Waals surface area contributed by atoms with Gasteiger partial charge in [0.15, 0.2) is 0 Å². The van der Waals surface area contributed by atoms with E-state index in [1.54, 1.807) is 37.3 Å². The minimum absolute atomic E-state index is 0.0333. The molecule has 2 amide bonds. The summed E-state index contributed by atoms with van der Waals surface area (Å²) in [5, 5.41) is 9.85. The van der Waals surface area contributed by atoms with E-state index in [9.17, 15) is 14.7 Å². The van der Waals surface area contributed by atoms with E-state index in [4.69, 9.17) is 0 Å². The molecule has 0 atom stereocenters. The van der Waals surface area contributed by atoms with E-state index in [2.05, 4.69) is 15.9 Å². The van der Waals surface area contributed by atoms with E-state index in [1.165, 1.54) is 6.07 Å². The quantitative estimate of drug-likeness (QED) is 0.816. The van der Waals surface area contributed by atoms with Gasteiger partial charge in [-0.15, -0.1) is 0 Å². The highest BCUT2D eigenvalue weighted by molar-refractivity contribution is 9.10. The standard InChI is InChI=1S/C15H10BrNO3/c1-8-12(6-9(16)7-13(8)18)17-14(19)10-4-2-3-5-11(10)15(17)20/h2-7,18H,1H3. The van der Waals surface area contributed by atoms with Crippen molar-refractivity contribution in [2.24, 2.45) is 0 Å². The third-order valence-corrected chi connectivity index (χ3v) is 3.81. The Balaban J connectivity index is 2.19. The summed E-state index contributed by atoms with van der Waals surface area (Å²) in [6.45, 7) is 1.67. The second kappa shape index (κ2) is 4.45. The van der Waals surface area contributed by atoms with Crippen molar-refractivity contribution in [3.05, 3.63) is 57.6 Å². The molecule has 0 fully saturated rings. The zero-order chi connectivity index (χ0) is 14.4. The summed E-state index contributed by atoms with van der Waals surface area (Å²) in [6.07, 6.45) is 0. The van der Waals surface area contributed by atoms with Crippen molar-refractivity contribution in [1.29, 1.82) is 0 Å². The van der Waals surface area contributed by atoms with Crippen molar-refractivity contribution in [1.82, 2.24) is 0 Å². The molecule has 0 radical (unpaired) electrons. The Bertz CT molecular complexity index is 720. The molecular weight excluding hydrogens is 322 g/mol. The van der Waals surface area contributed by atoms with Crippen molar-refractivity contribution in [3.63, 3.8) is 0 Å². The van der Waals surface area contributed by atoms with Crippen molar-refractivity contribution < 1.29 is 14.7 Å². The van der Waals surface area contributed by atoms with Crippen LogP contribution in [0.5, 0.6) is 5.75 Å². The fourth-order valence-electron chi connectivity index (χ4n) is 2.29. The van der Waals surface area contributed by atoms with Crippen molar-refractivity contribution >= 4 is 33.4 Å². The molecule has 20 heavy (non-hydrogen) atoms. The van der Waals surface area contributed by atoms with Gasteiger partial charge in [-0.3, -0.25) is 9.59 Å². The van der Waals surface area contributed by atoms with Gasteiger partial charge < -0.3 is 5.11 Å². The van der Waals surface area contributed by atoms with Crippen LogP contribution in [-0.2, 0) is 0 Å². The summed E-state index contributed by atoms with van der Waals surface area (Å²) in [6, 6.07) is 9.87. The SMILES string of the molecule is Cc1c(O)cc(Br)cc1N1C(=O)c2ccccc2C1=O. The molecule has 1 heterocycles. The molecule has 0 spiro atoms. The molecule has 0 saturated carbocycles. The molecule has 0 bridgehead atoms. The van der Waals surface area contributed by atoms with Crippen LogP contribution in [0.25, 0.3) is 0 Å². The fourth-order valence-corrected chi connectivity index (χ4v) is 2.72. The van der Waals surface area contributed by atoms with Gasteiger partial charge in [-0.1, -0.05) is 28.1 Å². The van der Waals surface area contributed by atoms with Gasteiger partial charge in [-0.05, 0) is 31.2 Å². The predicted octanol–water partition coefficient (Wildman–Crippen LogP) is 3.26. The summed E-state index contributed by atoms with van der Waals surface area (Å²) in [5.41, 5.74) is 1.65. The zero-order valence-corrected chi connectivity index (χ0v) is 12.1. The molecule has 2 aromatic carbocycles. The van der Waals surface area contributed by atoms with Crippen LogP contribution in [0.1, 0.15) is 26.3 Å². The normalized spacial score (nSPS) is 13.8. The van der Waals surface area contributed by atoms with E-state index >= 15 is 0 Å². The summed E-state index contributed by atoms with van der Waals surface area (Å²) >= 11 is 3.26. The number of imide groups is 1. The van der Waals surface area contributed by atoms with E-state index in [0.29, 0.717) is 26.9 Å². The maximum atomic E-state index is 12.4. The molecule has 0 aromatic heterocycles. The van der Waals surface area contributed by atoms with Crippen LogP contribution < -0.4 is 4.90 Å². The number of phenolic OH excluding ortho intramolecular Hbond substituents is 1. The highest BCUT2D eigenvalue weighted by atomic mass is 79.9. The molecule has 3 rings (SSSR count). The predicted molar refractivity (Wildman–Crippen MR) is 78.1 cm³/mol. The third-order valence-electron chi connectivity index (χ3n) is 3.35. The maximum Gasteiger partial charge on any atom is 0.266 e. The van der Waals surface area contributed by atoms with Crippen LogP contribution in [0.2, 0.25) is 0 Å². The van der Waals surface area contributed by atoms with Gasteiger partial charge in [0.05, 0.1) is 16.8 Å². The summed E-state index contributed by atoms with van der Waals surface area (Å²) < 4.78 is 0.604. The van der Waals surface area contributed by atoms with Crippen LogP contribution in [0, 0.1) is 6.92 Å². The fraction of sp³-hybridized carbons (Fsp3) is 0.0667. The van der Waals surface area contributed by atoms with Gasteiger partial charge in [0.2, 0.25) is 0 Å². The summed E-state index contributed by atoms with van der Waals surface area (Å²) in [5.74, 6) is -0.705. The smallest absolute Gasteiger partial charge is 0.266 e. The molecule has 100 valence electrons. The van der Waals surface area contributed by atoms with Gasteiger partial charge in [-0.25, -0.2) is 4.90 Å². The first-order valence-corrected chi connectivity index (χ1v) is 6.77. The van der Waals surface area contributed by atoms with Gasteiger partial charge >= 0.3 is 0 Å². The minimum Gasteiger partial charge on any atom is -0.508 e. The van der Waals surface area contributed by atoms with Crippen LogP contribution in [0.3, 0.4) is 0 Å². The van der Waals surface area contributed by atoms with E-state index in [1.807, 2.05) is 0 Å². The number of aromatic hydroxyl groups is 1. The number of carbonyl (C=O) groups excluding carboxylic acids is 2. The lowest BCUT2D eigenvalue weighted by Gasteiger charge is -2.17. The molecule has 0 aliphatic carbocycles. The Morgan fingerprint density at radius 3 is 2.15 bits per heavy atom. The third kappa shape index (κ3) is 1.74. The largest absolute Gasteiger partial charge is 0.508 e. The number of hydrogen-bond donors (Lipinski definition) is 1. The molecule has 0 unspecified atom stereocenters. The number of benzene rings is 2. The zero-order valence-electron chi connectivity index (χ0n) is 10.6. The topological polar surface area (TPSA) is 57.6 Å². The lowest BCUT2D eigenvalue weighted by atomic mass is 10.1. The lowest BCUT2D eigenvalue weighted by molar-refractivity contribution is 0.0926. The molecule has 0 saturated heterocycles. The van der Waals surface area contributed by atoms with Crippen molar-refractivity contribution in [2.45, 2.75) is 6.92 Å². The number of hydrogen-bond acceptors (Lipinski definition) is 3. The minimum atomic E-state index is -0.369. The monoisotopic (exact) mass is 331 g/mol. The van der Waals surface area contributed by atoms with Gasteiger partial charge in [0.1, 0.15) is 5.75 Å². The molecule has 2 aromatic rings. The highest BCUT2D eigenvalue weighted by Crippen LogP contribution is 2.36. The second-order valence-corrected chi connectivity index (χ2v) is 5.48. The number of nitrogens with zero attached hydrogens (tertiary/aromatic N) is 1. The number of carbonyl (C=O) groups is 2. The van der Waals surface area contributed by atoms with E-state index in [0.717, 1.165) is 4.90 Å². The molecule has 1 aliphatic heterocycles. The van der Waals surface area contributed by atoms with E-state index < -0.39 is 0 Å². The summed E-state index contributed by atoms with van der Waals surface area (Å²) in [7, 11) is 0. The Hall–Kier alpha value is -2.14. The molecule has 5 heteroatoms. The van der Waals surface area contributed by atoms with E-state index in [-0.39, 0.29) is 17.6 Å². The first kappa shape index (κ1) is 12.9. The number of anilines is 1. The Labute approximate surface area is 123 Å². The first-order chi connectivity index (χ1) is 9.50. The van der Waals surface area contributed by atoms with Crippen molar-refractivity contribution in [2.75, 3.05) is 4.90 Å². The Morgan fingerprint density at radius 1 is 1.05 bits per heavy atom. The van der Waals surface area contributed by atoms with Crippen LogP contribution in [0.15, 0.2) is 40.9 Å². The van der Waals surface area contributed by atoms with Gasteiger partial charge in [0.25, 0.3) is 11.8 Å². The second-order valence-electron chi connectivity index (χ2n) is 4.56. The van der Waals surface area contributed by atoms with Crippen LogP contribution in [-0.4, -0.2) is 16.9 Å². The molecular formula is C15H10BrNO3. The number of rotatable bonds is 1. The number of halogens is 1. The average molecular weight is 332 g/mol. The first-order valence-electron chi connectivity index (χ1n) is 5.97. The number of amides is 2. The van der Waals surface area contributed by atoms with Crippen LogP contribution in [0.4, 0.5) is 5.69 Å². The highest BCUT2D eigenvalue weighted by Gasteiger charge is 2.37. The Morgan fingerprint density at radius 2 is 1.60 bits per heavy atom. The molecule has 1 aliphatic rings. The Kier molecular flexibility index (Phi) is 2.87. The lowest BCUT2D eigenvalue weighted by Crippen LogP contribution is -2.30. The van der Waals surface area contributed by atoms with Crippen molar-refractivity contribution in [3.8, 4) is 5.75 Å².